The SMILES string of the molecule is C=C1C[C@]23CC1C[C@@H](O[Si](C)(C)C)[C@H]2[C@]1(C)CC[C@H](O[Si](C)(C)C)[C@@](C)(C(=O)OC)[C@H]1[C@@H]3C(=O)OC. The topological polar surface area (TPSA) is 71.1 Å². The number of methoxy groups -OCH3 is 2. The first-order valence-corrected chi connectivity index (χ1v) is 20.5. The second-order valence-corrected chi connectivity index (χ2v) is 23.4. The zero-order valence-corrected chi connectivity index (χ0v) is 26.2. The Morgan fingerprint density at radius 3 is 2.08 bits per heavy atom. The summed E-state index contributed by atoms with van der Waals surface area (Å²) in [6, 6.07) is 0. The Morgan fingerprint density at radius 1 is 0.944 bits per heavy atom. The van der Waals surface area contributed by atoms with Crippen molar-refractivity contribution in [3.8, 4) is 0 Å². The standard InChI is InChI=1S/C28H48O6Si2/c1-17-15-28-16-18(17)14-19(33-35(6,7)8)22(28)26(2)13-12-20(34-36(9,10)11)27(3,25(30)32-5)23(26)21(28)24(29)31-4/h18-23H,1,12-16H2,2-11H3/t18?,19-,20+,21-,22+,23+,26+,27-,28-/m1/s1. The van der Waals surface area contributed by atoms with Crippen molar-refractivity contribution in [2.45, 2.75) is 97.4 Å². The van der Waals surface area contributed by atoms with Gasteiger partial charge >= 0.3 is 11.9 Å². The van der Waals surface area contributed by atoms with E-state index in [4.69, 9.17) is 18.3 Å². The highest BCUT2D eigenvalue weighted by Gasteiger charge is 2.79. The van der Waals surface area contributed by atoms with Crippen molar-refractivity contribution in [2.24, 2.45) is 39.9 Å². The van der Waals surface area contributed by atoms with Crippen molar-refractivity contribution in [3.05, 3.63) is 12.2 Å². The van der Waals surface area contributed by atoms with Crippen LogP contribution in [-0.2, 0) is 27.9 Å². The molecule has 0 aromatic rings. The highest BCUT2D eigenvalue weighted by atomic mass is 28.4. The number of esters is 2. The van der Waals surface area contributed by atoms with E-state index in [1.165, 1.54) is 19.8 Å². The molecule has 4 saturated carbocycles. The van der Waals surface area contributed by atoms with Crippen LogP contribution in [0.4, 0.5) is 0 Å². The van der Waals surface area contributed by atoms with Crippen molar-refractivity contribution in [3.63, 3.8) is 0 Å². The van der Waals surface area contributed by atoms with Gasteiger partial charge in [-0.2, -0.15) is 0 Å². The number of hydrogen-bond acceptors (Lipinski definition) is 6. The molecule has 0 aromatic carbocycles. The number of ether oxygens (including phenoxy) is 2. The fraction of sp³-hybridized carbons (Fsp3) is 0.857. The molecular formula is C28H48O6Si2. The molecule has 204 valence electrons. The van der Waals surface area contributed by atoms with E-state index in [0.717, 1.165) is 32.1 Å². The van der Waals surface area contributed by atoms with Gasteiger partial charge in [0.15, 0.2) is 16.6 Å². The Bertz CT molecular complexity index is 937. The van der Waals surface area contributed by atoms with Gasteiger partial charge in [0.1, 0.15) is 0 Å². The monoisotopic (exact) mass is 536 g/mol. The molecule has 9 atom stereocenters. The van der Waals surface area contributed by atoms with E-state index >= 15 is 0 Å². The lowest BCUT2D eigenvalue weighted by molar-refractivity contribution is -0.184. The van der Waals surface area contributed by atoms with Gasteiger partial charge < -0.3 is 18.3 Å². The molecule has 0 aromatic heterocycles. The van der Waals surface area contributed by atoms with Gasteiger partial charge in [0.25, 0.3) is 0 Å². The summed E-state index contributed by atoms with van der Waals surface area (Å²) >= 11 is 0. The van der Waals surface area contributed by atoms with Crippen molar-refractivity contribution in [2.75, 3.05) is 14.2 Å². The van der Waals surface area contributed by atoms with Crippen LogP contribution in [0.3, 0.4) is 0 Å². The molecule has 8 heteroatoms. The van der Waals surface area contributed by atoms with Crippen LogP contribution in [0.15, 0.2) is 12.2 Å². The third kappa shape index (κ3) is 4.09. The molecule has 1 unspecified atom stereocenters. The van der Waals surface area contributed by atoms with Gasteiger partial charge in [-0.25, -0.2) is 0 Å². The van der Waals surface area contributed by atoms with E-state index in [1.54, 1.807) is 0 Å². The van der Waals surface area contributed by atoms with E-state index in [0.29, 0.717) is 5.92 Å². The smallest absolute Gasteiger partial charge is 0.314 e. The van der Waals surface area contributed by atoms with Gasteiger partial charge in [-0.05, 0) is 107 Å². The third-order valence-electron chi connectivity index (χ3n) is 9.98. The summed E-state index contributed by atoms with van der Waals surface area (Å²) in [4.78, 5) is 27.7. The zero-order valence-electron chi connectivity index (χ0n) is 24.2. The molecule has 4 rings (SSSR count). The van der Waals surface area contributed by atoms with Gasteiger partial charge in [-0.3, -0.25) is 9.59 Å². The Hall–Kier alpha value is -0.966. The number of rotatable bonds is 6. The summed E-state index contributed by atoms with van der Waals surface area (Å²) in [5, 5.41) is 0. The lowest BCUT2D eigenvalue weighted by Crippen LogP contribution is -2.60. The zero-order chi connectivity index (χ0) is 27.1. The van der Waals surface area contributed by atoms with E-state index in [1.807, 2.05) is 6.92 Å². The van der Waals surface area contributed by atoms with Gasteiger partial charge in [-0.1, -0.05) is 19.1 Å². The second kappa shape index (κ2) is 8.78. The number of hydrogen-bond donors (Lipinski definition) is 0. The van der Waals surface area contributed by atoms with Crippen LogP contribution in [0.2, 0.25) is 39.3 Å². The highest BCUT2D eigenvalue weighted by Crippen LogP contribution is 2.78. The van der Waals surface area contributed by atoms with E-state index in [9.17, 15) is 9.59 Å². The minimum atomic E-state index is -1.99. The molecule has 4 aliphatic rings. The quantitative estimate of drug-likeness (QED) is 0.243. The number of fused-ring (bicyclic) bond motifs is 3. The summed E-state index contributed by atoms with van der Waals surface area (Å²) < 4.78 is 24.8. The Balaban J connectivity index is 1.96. The molecule has 0 aliphatic heterocycles. The van der Waals surface area contributed by atoms with Crippen LogP contribution in [0.25, 0.3) is 0 Å². The Labute approximate surface area is 220 Å². The Kier molecular flexibility index (Phi) is 6.84. The van der Waals surface area contributed by atoms with Gasteiger partial charge in [-0.15, -0.1) is 0 Å². The average molecular weight is 537 g/mol. The van der Waals surface area contributed by atoms with Crippen molar-refractivity contribution in [1.82, 2.24) is 0 Å². The normalized spacial score (nSPS) is 44.1. The molecule has 0 saturated heterocycles. The maximum atomic E-state index is 13.9. The molecule has 2 bridgehead atoms. The fourth-order valence-corrected chi connectivity index (χ4v) is 11.7. The number of allylic oxidation sites excluding steroid dienone is 1. The van der Waals surface area contributed by atoms with E-state index in [2.05, 4.69) is 52.8 Å². The van der Waals surface area contributed by atoms with E-state index < -0.39 is 28.0 Å². The summed E-state index contributed by atoms with van der Waals surface area (Å²) in [6.45, 7) is 22.0. The molecule has 0 radical (unpaired) electrons. The van der Waals surface area contributed by atoms with Crippen molar-refractivity contribution < 1.29 is 27.9 Å². The molecule has 4 fully saturated rings. The van der Waals surface area contributed by atoms with Crippen LogP contribution in [0.5, 0.6) is 0 Å². The highest BCUT2D eigenvalue weighted by molar-refractivity contribution is 6.70. The molecule has 0 N–H and O–H groups in total. The molecule has 0 heterocycles. The average Bonchev–Trinajstić information content (AvgIpc) is 3.14. The molecule has 6 nitrogen and oxygen atoms in total. The minimum Gasteiger partial charge on any atom is -0.469 e. The first kappa shape index (κ1) is 28.1. The van der Waals surface area contributed by atoms with Crippen LogP contribution in [0, 0.1) is 39.9 Å². The first-order chi connectivity index (χ1) is 16.4. The van der Waals surface area contributed by atoms with Crippen LogP contribution >= 0.6 is 0 Å². The molecular weight excluding hydrogens is 488 g/mol. The fourth-order valence-electron chi connectivity index (χ4n) is 9.37. The number of carbonyl (C=O) groups is 2. The summed E-state index contributed by atoms with van der Waals surface area (Å²) in [5.74, 6) is -0.678. The Morgan fingerprint density at radius 2 is 1.56 bits per heavy atom. The van der Waals surface area contributed by atoms with Gasteiger partial charge in [0, 0.05) is 6.10 Å². The maximum Gasteiger partial charge on any atom is 0.314 e. The minimum absolute atomic E-state index is 0.0492. The van der Waals surface area contributed by atoms with E-state index in [-0.39, 0.29) is 46.8 Å². The van der Waals surface area contributed by atoms with Gasteiger partial charge in [0.2, 0.25) is 0 Å². The molecule has 36 heavy (non-hydrogen) atoms. The first-order valence-electron chi connectivity index (χ1n) is 13.6. The second-order valence-electron chi connectivity index (χ2n) is 14.5. The summed E-state index contributed by atoms with van der Waals surface area (Å²) in [5.41, 5.74) is -0.343. The van der Waals surface area contributed by atoms with Crippen molar-refractivity contribution >= 4 is 28.6 Å². The van der Waals surface area contributed by atoms with Crippen LogP contribution in [0.1, 0.15) is 46.0 Å². The summed E-state index contributed by atoms with van der Waals surface area (Å²) in [6.07, 6.45) is 4.09. The predicted octanol–water partition coefficient (Wildman–Crippen LogP) is 5.80. The number of carbonyl (C=O) groups excluding carboxylic acids is 2. The maximum absolute atomic E-state index is 13.9. The lowest BCUT2D eigenvalue weighted by atomic mass is 9.51. The third-order valence-corrected chi connectivity index (χ3v) is 12.0. The van der Waals surface area contributed by atoms with Crippen LogP contribution in [-0.4, -0.2) is 55.0 Å². The predicted molar refractivity (Wildman–Crippen MR) is 145 cm³/mol. The lowest BCUT2D eigenvalue weighted by Gasteiger charge is -2.56. The van der Waals surface area contributed by atoms with Crippen LogP contribution < -0.4 is 0 Å². The largest absolute Gasteiger partial charge is 0.469 e. The van der Waals surface area contributed by atoms with Gasteiger partial charge in [0.05, 0.1) is 31.7 Å². The molecule has 0 amide bonds. The molecule has 1 spiro atoms. The summed E-state index contributed by atoms with van der Waals surface area (Å²) in [7, 11) is -0.917. The molecule has 4 aliphatic carbocycles. The van der Waals surface area contributed by atoms with Crippen molar-refractivity contribution in [1.29, 1.82) is 0 Å².